The van der Waals surface area contributed by atoms with Crippen LogP contribution in [0.15, 0.2) is 70.6 Å². The summed E-state index contributed by atoms with van der Waals surface area (Å²) in [6.07, 6.45) is 2.84. The maximum absolute atomic E-state index is 5.09. The van der Waals surface area contributed by atoms with Crippen LogP contribution in [-0.2, 0) is 17.8 Å². The number of nitrogens with zero attached hydrogens (tertiary/aromatic N) is 2. The van der Waals surface area contributed by atoms with E-state index in [9.17, 15) is 0 Å². The van der Waals surface area contributed by atoms with E-state index < -0.39 is 0 Å². The van der Waals surface area contributed by atoms with Gasteiger partial charge >= 0.3 is 0 Å². The summed E-state index contributed by atoms with van der Waals surface area (Å²) in [4.78, 5) is 8.30. The molecule has 0 aliphatic rings. The zero-order valence-corrected chi connectivity index (χ0v) is 11.9. The van der Waals surface area contributed by atoms with E-state index in [-0.39, 0.29) is 12.4 Å². The van der Waals surface area contributed by atoms with Gasteiger partial charge in [-0.15, -0.1) is 12.4 Å². The highest BCUT2D eigenvalue weighted by Crippen LogP contribution is 2.00. The van der Waals surface area contributed by atoms with Crippen LogP contribution >= 0.6 is 12.4 Å². The minimum absolute atomic E-state index is 0. The lowest BCUT2D eigenvalue weighted by Gasteiger charge is -1.95. The lowest BCUT2D eigenvalue weighted by atomic mass is 10.2. The predicted octanol–water partition coefficient (Wildman–Crippen LogP) is 3.88. The van der Waals surface area contributed by atoms with E-state index in [1.54, 1.807) is 0 Å². The van der Waals surface area contributed by atoms with Gasteiger partial charge in [0.2, 0.25) is 0 Å². The average molecular weight is 289 g/mol. The Bertz CT molecular complexity index is 477. The van der Waals surface area contributed by atoms with Gasteiger partial charge in [0.25, 0.3) is 0 Å². The van der Waals surface area contributed by atoms with Crippen LogP contribution in [0.4, 0.5) is 0 Å². The summed E-state index contributed by atoms with van der Waals surface area (Å²) in [5.74, 6) is 0. The Hall–Kier alpha value is -2.13. The average Bonchev–Trinajstić information content (AvgIpc) is 2.48. The third-order valence-corrected chi connectivity index (χ3v) is 2.50. The molecule has 2 rings (SSSR count). The molecule has 0 heterocycles. The molecule has 104 valence electrons. The molecule has 0 fully saturated rings. The van der Waals surface area contributed by atoms with Crippen LogP contribution in [0.5, 0.6) is 0 Å². The first kappa shape index (κ1) is 15.9. The Morgan fingerprint density at radius 1 is 0.700 bits per heavy atom. The Labute approximate surface area is 125 Å². The third kappa shape index (κ3) is 6.16. The van der Waals surface area contributed by atoms with Crippen LogP contribution in [0.1, 0.15) is 11.1 Å². The van der Waals surface area contributed by atoms with Gasteiger partial charge in [0.15, 0.2) is 12.8 Å². The van der Waals surface area contributed by atoms with Crippen LogP contribution in [0.2, 0.25) is 0 Å². The van der Waals surface area contributed by atoms with Gasteiger partial charge in [-0.25, -0.2) is 0 Å². The van der Waals surface area contributed by atoms with E-state index >= 15 is 0 Å². The molecule has 0 atom stereocenters. The lowest BCUT2D eigenvalue weighted by molar-refractivity contribution is 0.585. The second kappa shape index (κ2) is 9.75. The first-order valence-electron chi connectivity index (χ1n) is 6.15. The molecule has 20 heavy (non-hydrogen) atoms. The SMILES string of the molecule is C(=NCc1ccccc1)OC=NCc1ccccc1.Cl. The Morgan fingerprint density at radius 2 is 1.10 bits per heavy atom. The second-order valence-corrected chi connectivity index (χ2v) is 4.00. The first-order valence-corrected chi connectivity index (χ1v) is 6.15. The predicted molar refractivity (Wildman–Crippen MR) is 85.6 cm³/mol. The molecule has 0 aliphatic heterocycles. The van der Waals surface area contributed by atoms with Crippen LogP contribution in [0, 0.1) is 0 Å². The van der Waals surface area contributed by atoms with Gasteiger partial charge in [0.1, 0.15) is 0 Å². The van der Waals surface area contributed by atoms with Crippen LogP contribution < -0.4 is 0 Å². The van der Waals surface area contributed by atoms with Crippen LogP contribution in [0.3, 0.4) is 0 Å². The summed E-state index contributed by atoms with van der Waals surface area (Å²) in [7, 11) is 0. The molecule has 4 heteroatoms. The maximum Gasteiger partial charge on any atom is 0.178 e. The quantitative estimate of drug-likeness (QED) is 0.586. The van der Waals surface area contributed by atoms with Crippen molar-refractivity contribution in [3.8, 4) is 0 Å². The third-order valence-electron chi connectivity index (χ3n) is 2.50. The summed E-state index contributed by atoms with van der Waals surface area (Å²) in [6, 6.07) is 20.1. The molecule has 0 saturated heterocycles. The van der Waals surface area contributed by atoms with Crippen molar-refractivity contribution in [1.29, 1.82) is 0 Å². The summed E-state index contributed by atoms with van der Waals surface area (Å²) < 4.78 is 5.09. The monoisotopic (exact) mass is 288 g/mol. The first-order chi connectivity index (χ1) is 9.45. The van der Waals surface area contributed by atoms with Crippen LogP contribution in [-0.4, -0.2) is 12.8 Å². The van der Waals surface area contributed by atoms with E-state index in [0.717, 1.165) is 11.1 Å². The molecule has 0 radical (unpaired) electrons. The van der Waals surface area contributed by atoms with Gasteiger partial charge in [0.05, 0.1) is 13.1 Å². The topological polar surface area (TPSA) is 34.0 Å². The Morgan fingerprint density at radius 3 is 1.50 bits per heavy atom. The maximum atomic E-state index is 5.09. The highest BCUT2D eigenvalue weighted by Gasteiger charge is 1.87. The summed E-state index contributed by atoms with van der Waals surface area (Å²) in [5, 5.41) is 0. The van der Waals surface area contributed by atoms with Crippen molar-refractivity contribution in [2.75, 3.05) is 0 Å². The number of ether oxygens (including phenoxy) is 1. The smallest absolute Gasteiger partial charge is 0.178 e. The second-order valence-electron chi connectivity index (χ2n) is 4.00. The Balaban J connectivity index is 0.00000200. The van der Waals surface area contributed by atoms with E-state index in [2.05, 4.69) is 9.98 Å². The van der Waals surface area contributed by atoms with Gasteiger partial charge in [-0.1, -0.05) is 60.7 Å². The van der Waals surface area contributed by atoms with Crippen molar-refractivity contribution in [2.45, 2.75) is 13.1 Å². The van der Waals surface area contributed by atoms with E-state index in [1.165, 1.54) is 12.8 Å². The highest BCUT2D eigenvalue weighted by molar-refractivity contribution is 5.85. The van der Waals surface area contributed by atoms with Gasteiger partial charge < -0.3 is 4.74 Å². The van der Waals surface area contributed by atoms with Gasteiger partial charge in [0, 0.05) is 0 Å². The normalized spacial score (nSPS) is 10.6. The molecule has 0 aliphatic carbocycles. The number of hydrogen-bond donors (Lipinski definition) is 0. The molecule has 0 amide bonds. The fourth-order valence-electron chi connectivity index (χ4n) is 1.57. The van der Waals surface area contributed by atoms with Crippen molar-refractivity contribution in [3.63, 3.8) is 0 Å². The van der Waals surface area contributed by atoms with Crippen LogP contribution in [0.25, 0.3) is 0 Å². The molecule has 0 N–H and O–H groups in total. The fourth-order valence-corrected chi connectivity index (χ4v) is 1.57. The molecule has 2 aromatic rings. The molecule has 2 aromatic carbocycles. The largest absolute Gasteiger partial charge is 0.435 e. The standard InChI is InChI=1S/C16H16N2O.ClH/c1-3-7-15(8-4-1)11-17-13-19-14-18-12-16-9-5-2-6-10-16;/h1-10,13-14H,11-12H2;1H. The molecule has 0 spiro atoms. The summed E-state index contributed by atoms with van der Waals surface area (Å²) in [6.45, 7) is 1.24. The van der Waals surface area contributed by atoms with Crippen molar-refractivity contribution >= 4 is 25.2 Å². The minimum Gasteiger partial charge on any atom is -0.435 e. The van der Waals surface area contributed by atoms with E-state index in [1.807, 2.05) is 60.7 Å². The number of benzene rings is 2. The minimum atomic E-state index is 0. The van der Waals surface area contributed by atoms with Gasteiger partial charge in [-0.2, -0.15) is 0 Å². The zero-order valence-electron chi connectivity index (χ0n) is 11.1. The van der Waals surface area contributed by atoms with Crippen molar-refractivity contribution in [2.24, 2.45) is 9.98 Å². The zero-order chi connectivity index (χ0) is 13.2. The highest BCUT2D eigenvalue weighted by atomic mass is 35.5. The van der Waals surface area contributed by atoms with Crippen molar-refractivity contribution < 1.29 is 4.74 Å². The van der Waals surface area contributed by atoms with Crippen molar-refractivity contribution in [1.82, 2.24) is 0 Å². The van der Waals surface area contributed by atoms with Gasteiger partial charge in [-0.05, 0) is 11.1 Å². The molecule has 0 aromatic heterocycles. The number of halogens is 1. The Kier molecular flexibility index (Phi) is 7.77. The van der Waals surface area contributed by atoms with Crippen molar-refractivity contribution in [3.05, 3.63) is 71.8 Å². The molecule has 0 saturated carbocycles. The van der Waals surface area contributed by atoms with E-state index in [4.69, 9.17) is 4.74 Å². The van der Waals surface area contributed by atoms with E-state index in [0.29, 0.717) is 13.1 Å². The molecule has 3 nitrogen and oxygen atoms in total. The lowest BCUT2D eigenvalue weighted by Crippen LogP contribution is -1.88. The number of rotatable bonds is 6. The summed E-state index contributed by atoms with van der Waals surface area (Å²) >= 11 is 0. The number of aliphatic imine (C=N–C) groups is 2. The number of hydrogen-bond acceptors (Lipinski definition) is 3. The fraction of sp³-hybridized carbons (Fsp3) is 0.125. The molecular formula is C16H17ClN2O. The van der Waals surface area contributed by atoms with Gasteiger partial charge in [-0.3, -0.25) is 9.98 Å². The molecule has 0 unspecified atom stereocenters. The summed E-state index contributed by atoms with van der Waals surface area (Å²) in [5.41, 5.74) is 2.31. The molecular weight excluding hydrogens is 272 g/mol. The molecule has 0 bridgehead atoms.